The van der Waals surface area contributed by atoms with E-state index < -0.39 is 10.7 Å². The molecule has 0 saturated carbocycles. The topological polar surface area (TPSA) is 55.5 Å². The van der Waals surface area contributed by atoms with E-state index in [1.807, 2.05) is 31.2 Å². The normalized spacial score (nSPS) is 10.8. The molecule has 0 bridgehead atoms. The summed E-state index contributed by atoms with van der Waals surface area (Å²) in [6.45, 7) is 1.91. The molecule has 0 heterocycles. The van der Waals surface area contributed by atoms with Crippen LogP contribution in [0.3, 0.4) is 0 Å². The highest BCUT2D eigenvalue weighted by molar-refractivity contribution is 5.83. The van der Waals surface area contributed by atoms with Gasteiger partial charge < -0.3 is 0 Å². The number of nitro groups is 1. The van der Waals surface area contributed by atoms with Gasteiger partial charge >= 0.3 is 0 Å². The lowest BCUT2D eigenvalue weighted by Gasteiger charge is -1.99. The third kappa shape index (κ3) is 3.01. The molecule has 4 nitrogen and oxygen atoms in total. The molecule has 5 heteroatoms. The maximum atomic E-state index is 13.5. The number of aliphatic imine (C=N–C) groups is 1. The lowest BCUT2D eigenvalue weighted by molar-refractivity contribution is -0.384. The highest BCUT2D eigenvalue weighted by Crippen LogP contribution is 2.23. The van der Waals surface area contributed by atoms with Gasteiger partial charge in [0.1, 0.15) is 11.5 Å². The molecule has 0 aliphatic heterocycles. The molecule has 0 aliphatic carbocycles. The van der Waals surface area contributed by atoms with Crippen molar-refractivity contribution in [3.05, 3.63) is 69.5 Å². The summed E-state index contributed by atoms with van der Waals surface area (Å²) in [6, 6.07) is 10.8. The molecule has 0 spiro atoms. The molecule has 96 valence electrons. The van der Waals surface area contributed by atoms with Crippen molar-refractivity contribution >= 4 is 17.6 Å². The van der Waals surface area contributed by atoms with Crippen LogP contribution in [0.2, 0.25) is 0 Å². The third-order valence-corrected chi connectivity index (χ3v) is 2.67. The maximum absolute atomic E-state index is 13.5. The average Bonchev–Trinajstić information content (AvgIpc) is 2.39. The third-order valence-electron chi connectivity index (χ3n) is 2.67. The van der Waals surface area contributed by atoms with Crippen LogP contribution >= 0.6 is 0 Å². The van der Waals surface area contributed by atoms with Gasteiger partial charge in [0.05, 0.1) is 4.92 Å². The number of nitrogens with zero attached hydrogens (tertiary/aromatic N) is 2. The summed E-state index contributed by atoms with van der Waals surface area (Å²) >= 11 is 0. The molecule has 0 aliphatic rings. The minimum atomic E-state index is -0.588. The highest BCUT2D eigenvalue weighted by atomic mass is 19.1. The molecule has 0 atom stereocenters. The number of aryl methyl sites for hydroxylation is 1. The van der Waals surface area contributed by atoms with Crippen LogP contribution in [-0.4, -0.2) is 11.1 Å². The van der Waals surface area contributed by atoms with E-state index in [9.17, 15) is 14.5 Å². The lowest BCUT2D eigenvalue weighted by Crippen LogP contribution is -1.89. The van der Waals surface area contributed by atoms with Crippen LogP contribution in [0, 0.1) is 22.9 Å². The number of benzene rings is 2. The monoisotopic (exact) mass is 258 g/mol. The van der Waals surface area contributed by atoms with Crippen molar-refractivity contribution in [2.24, 2.45) is 4.99 Å². The predicted octanol–water partition coefficient (Wildman–Crippen LogP) is 3.79. The minimum Gasteiger partial charge on any atom is -0.258 e. The maximum Gasteiger partial charge on any atom is 0.271 e. The Bertz CT molecular complexity index is 654. The zero-order chi connectivity index (χ0) is 13.8. The molecular weight excluding hydrogens is 247 g/mol. The van der Waals surface area contributed by atoms with Gasteiger partial charge in [-0.1, -0.05) is 24.3 Å². The minimum absolute atomic E-state index is 0.0440. The fourth-order valence-corrected chi connectivity index (χ4v) is 1.58. The quantitative estimate of drug-likeness (QED) is 0.477. The van der Waals surface area contributed by atoms with E-state index in [0.717, 1.165) is 29.3 Å². The number of hydrogen-bond donors (Lipinski definition) is 0. The Hall–Kier alpha value is -2.56. The highest BCUT2D eigenvalue weighted by Gasteiger charge is 2.09. The molecular formula is C14H11FN2O2. The Morgan fingerprint density at radius 3 is 2.68 bits per heavy atom. The molecule has 0 saturated heterocycles. The Morgan fingerprint density at radius 2 is 2.00 bits per heavy atom. The van der Waals surface area contributed by atoms with Crippen molar-refractivity contribution in [1.82, 2.24) is 0 Å². The Kier molecular flexibility index (Phi) is 3.66. The molecule has 0 N–H and O–H groups in total. The van der Waals surface area contributed by atoms with Crippen LogP contribution in [0.25, 0.3) is 0 Å². The molecule has 2 rings (SSSR count). The van der Waals surface area contributed by atoms with Crippen molar-refractivity contribution in [2.45, 2.75) is 6.92 Å². The molecule has 19 heavy (non-hydrogen) atoms. The summed E-state index contributed by atoms with van der Waals surface area (Å²) in [7, 11) is 0. The summed E-state index contributed by atoms with van der Waals surface area (Å²) < 4.78 is 13.5. The summed E-state index contributed by atoms with van der Waals surface area (Å²) in [5.41, 5.74) is 1.61. The molecule has 0 radical (unpaired) electrons. The van der Waals surface area contributed by atoms with E-state index in [1.54, 1.807) is 0 Å². The van der Waals surface area contributed by atoms with Crippen LogP contribution in [0.5, 0.6) is 0 Å². The van der Waals surface area contributed by atoms with Crippen molar-refractivity contribution in [3.8, 4) is 0 Å². The summed E-state index contributed by atoms with van der Waals surface area (Å²) in [5, 5.41) is 10.6. The molecule has 2 aromatic rings. The second-order valence-corrected chi connectivity index (χ2v) is 4.01. The fraction of sp³-hybridized carbons (Fsp3) is 0.0714. The van der Waals surface area contributed by atoms with Gasteiger partial charge in [0.2, 0.25) is 0 Å². The van der Waals surface area contributed by atoms with E-state index in [2.05, 4.69) is 4.99 Å². The Morgan fingerprint density at radius 1 is 1.26 bits per heavy atom. The van der Waals surface area contributed by atoms with Crippen molar-refractivity contribution in [1.29, 1.82) is 0 Å². The summed E-state index contributed by atoms with van der Waals surface area (Å²) in [6.07, 6.45) is 1.50. The second kappa shape index (κ2) is 5.39. The zero-order valence-corrected chi connectivity index (χ0v) is 10.2. The summed E-state index contributed by atoms with van der Waals surface area (Å²) in [4.78, 5) is 14.0. The smallest absolute Gasteiger partial charge is 0.258 e. The van der Waals surface area contributed by atoms with Crippen LogP contribution in [0.15, 0.2) is 47.5 Å². The van der Waals surface area contributed by atoms with Crippen molar-refractivity contribution in [3.63, 3.8) is 0 Å². The first-order chi connectivity index (χ1) is 9.08. The van der Waals surface area contributed by atoms with Gasteiger partial charge in [0.25, 0.3) is 5.69 Å². The Balaban J connectivity index is 2.35. The van der Waals surface area contributed by atoms with Gasteiger partial charge in [-0.05, 0) is 24.1 Å². The first kappa shape index (κ1) is 12.9. The molecule has 0 fully saturated rings. The molecule has 0 amide bonds. The van der Waals surface area contributed by atoms with E-state index in [-0.39, 0.29) is 11.4 Å². The average molecular weight is 258 g/mol. The molecule has 0 unspecified atom stereocenters. The number of hydrogen-bond acceptors (Lipinski definition) is 3. The standard InChI is InChI=1S/C14H11FN2O2/c1-10-4-2-3-5-11(10)9-16-14-8-12(17(18)19)6-7-13(14)15/h2-9H,1H3. The van der Waals surface area contributed by atoms with Crippen LogP contribution in [-0.2, 0) is 0 Å². The van der Waals surface area contributed by atoms with Gasteiger partial charge in [-0.2, -0.15) is 0 Å². The van der Waals surface area contributed by atoms with E-state index in [1.165, 1.54) is 6.21 Å². The van der Waals surface area contributed by atoms with Crippen molar-refractivity contribution < 1.29 is 9.31 Å². The number of non-ortho nitro benzene ring substituents is 1. The van der Waals surface area contributed by atoms with E-state index in [0.29, 0.717) is 0 Å². The van der Waals surface area contributed by atoms with Gasteiger partial charge in [0.15, 0.2) is 0 Å². The lowest BCUT2D eigenvalue weighted by atomic mass is 10.1. The van der Waals surface area contributed by atoms with Gasteiger partial charge in [-0.3, -0.25) is 15.1 Å². The number of rotatable bonds is 3. The summed E-state index contributed by atoms with van der Waals surface area (Å²) in [5.74, 6) is -0.588. The largest absolute Gasteiger partial charge is 0.271 e. The first-order valence-corrected chi connectivity index (χ1v) is 5.61. The zero-order valence-electron chi connectivity index (χ0n) is 10.2. The molecule has 0 aromatic heterocycles. The van der Waals surface area contributed by atoms with Crippen molar-refractivity contribution in [2.75, 3.05) is 0 Å². The second-order valence-electron chi connectivity index (χ2n) is 4.01. The van der Waals surface area contributed by atoms with Crippen LogP contribution < -0.4 is 0 Å². The van der Waals surface area contributed by atoms with E-state index >= 15 is 0 Å². The van der Waals surface area contributed by atoms with Crippen LogP contribution in [0.1, 0.15) is 11.1 Å². The van der Waals surface area contributed by atoms with E-state index in [4.69, 9.17) is 0 Å². The first-order valence-electron chi connectivity index (χ1n) is 5.61. The number of halogens is 1. The molecule has 2 aromatic carbocycles. The Labute approximate surface area is 109 Å². The fourth-order valence-electron chi connectivity index (χ4n) is 1.58. The van der Waals surface area contributed by atoms with Gasteiger partial charge in [0, 0.05) is 18.3 Å². The SMILES string of the molecule is Cc1ccccc1C=Nc1cc([N+](=O)[O-])ccc1F. The van der Waals surface area contributed by atoms with Crippen LogP contribution in [0.4, 0.5) is 15.8 Å². The van der Waals surface area contributed by atoms with Gasteiger partial charge in [-0.15, -0.1) is 0 Å². The number of nitro benzene ring substituents is 1. The van der Waals surface area contributed by atoms with Gasteiger partial charge in [-0.25, -0.2) is 4.39 Å². The predicted molar refractivity (Wildman–Crippen MR) is 71.5 cm³/mol.